The number of carbonyl (C=O) groups excluding carboxylic acids is 1. The van der Waals surface area contributed by atoms with Gasteiger partial charge in [0, 0.05) is 19.1 Å². The zero-order chi connectivity index (χ0) is 19.6. The number of hydrogen-bond donors (Lipinski definition) is 2. The van der Waals surface area contributed by atoms with Crippen LogP contribution in [0.15, 0.2) is 18.3 Å². The first-order chi connectivity index (χ1) is 12.1. The van der Waals surface area contributed by atoms with Gasteiger partial charge in [-0.25, -0.2) is 0 Å². The molecule has 26 heavy (non-hydrogen) atoms. The molecule has 2 aromatic rings. The molecule has 3 N–H and O–H groups in total. The van der Waals surface area contributed by atoms with Gasteiger partial charge in [0.2, 0.25) is 0 Å². The second-order valence-electron chi connectivity index (χ2n) is 6.54. The van der Waals surface area contributed by atoms with Crippen molar-refractivity contribution >= 4 is 5.91 Å². The summed E-state index contributed by atoms with van der Waals surface area (Å²) in [6, 6.07) is 3.31. The van der Waals surface area contributed by atoms with E-state index in [0.717, 1.165) is 33.1 Å². The molecule has 0 aliphatic rings. The van der Waals surface area contributed by atoms with E-state index in [0.29, 0.717) is 6.54 Å². The third-order valence-corrected chi connectivity index (χ3v) is 4.21. The molecule has 142 valence electrons. The number of hydrogen-bond acceptors (Lipinski definition) is 3. The molecule has 0 aliphatic carbocycles. The highest BCUT2D eigenvalue weighted by Crippen LogP contribution is 2.33. The number of nitrogens with one attached hydrogen (secondary N) is 1. The molecular weight excluding hydrogens is 345 g/mol. The zero-order valence-corrected chi connectivity index (χ0v) is 15.2. The average Bonchev–Trinajstić information content (AvgIpc) is 2.99. The summed E-state index contributed by atoms with van der Waals surface area (Å²) in [6.07, 6.45) is -3.70. The van der Waals surface area contributed by atoms with Gasteiger partial charge in [-0.15, -0.1) is 0 Å². The maximum absolute atomic E-state index is 13.4. The molecule has 0 spiro atoms. The summed E-state index contributed by atoms with van der Waals surface area (Å²) in [4.78, 5) is 12.4. The Morgan fingerprint density at radius 2 is 1.85 bits per heavy atom. The van der Waals surface area contributed by atoms with Gasteiger partial charge in [-0.2, -0.15) is 18.3 Å². The number of nitrogens with zero attached hydrogens (tertiary/aromatic N) is 2. The van der Waals surface area contributed by atoms with Crippen LogP contribution in [-0.4, -0.2) is 15.7 Å². The zero-order valence-electron chi connectivity index (χ0n) is 15.2. The van der Waals surface area contributed by atoms with Crippen LogP contribution in [0, 0.1) is 13.8 Å². The van der Waals surface area contributed by atoms with Crippen molar-refractivity contribution < 1.29 is 18.0 Å². The SMILES string of the molecule is Cc1cc(CN)cc(C)c1CNC(=O)c1cnn(C(C)C)c1C(F)(F)F. The number of halogens is 3. The largest absolute Gasteiger partial charge is 0.433 e. The fourth-order valence-corrected chi connectivity index (χ4v) is 2.95. The molecule has 1 amide bonds. The van der Waals surface area contributed by atoms with E-state index < -0.39 is 29.4 Å². The van der Waals surface area contributed by atoms with Crippen molar-refractivity contribution in [3.63, 3.8) is 0 Å². The lowest BCUT2D eigenvalue weighted by Crippen LogP contribution is -2.27. The van der Waals surface area contributed by atoms with Gasteiger partial charge in [0.15, 0.2) is 5.69 Å². The first kappa shape index (κ1) is 20.0. The molecule has 0 fully saturated rings. The minimum atomic E-state index is -4.66. The predicted molar refractivity (Wildman–Crippen MR) is 92.6 cm³/mol. The highest BCUT2D eigenvalue weighted by Gasteiger charge is 2.40. The lowest BCUT2D eigenvalue weighted by molar-refractivity contribution is -0.145. The molecule has 0 saturated heterocycles. The summed E-state index contributed by atoms with van der Waals surface area (Å²) >= 11 is 0. The number of alkyl halides is 3. The van der Waals surface area contributed by atoms with Gasteiger partial charge in [-0.05, 0) is 49.9 Å². The van der Waals surface area contributed by atoms with Gasteiger partial charge in [0.1, 0.15) is 0 Å². The molecule has 0 unspecified atom stereocenters. The smallest absolute Gasteiger partial charge is 0.348 e. The van der Waals surface area contributed by atoms with Crippen molar-refractivity contribution in [2.24, 2.45) is 5.73 Å². The first-order valence-electron chi connectivity index (χ1n) is 8.28. The Morgan fingerprint density at radius 3 is 2.31 bits per heavy atom. The fourth-order valence-electron chi connectivity index (χ4n) is 2.95. The second-order valence-corrected chi connectivity index (χ2v) is 6.54. The van der Waals surface area contributed by atoms with Gasteiger partial charge in [0.05, 0.1) is 11.8 Å². The first-order valence-corrected chi connectivity index (χ1v) is 8.28. The normalized spacial score (nSPS) is 11.9. The highest BCUT2D eigenvalue weighted by atomic mass is 19.4. The lowest BCUT2D eigenvalue weighted by atomic mass is 9.99. The van der Waals surface area contributed by atoms with Crippen LogP contribution in [0.4, 0.5) is 13.2 Å². The number of carbonyl (C=O) groups is 1. The molecule has 0 aliphatic heterocycles. The van der Waals surface area contributed by atoms with Gasteiger partial charge in [0.25, 0.3) is 5.91 Å². The van der Waals surface area contributed by atoms with Crippen molar-refractivity contribution in [3.8, 4) is 0 Å². The minimum Gasteiger partial charge on any atom is -0.348 e. The van der Waals surface area contributed by atoms with E-state index in [4.69, 9.17) is 5.73 Å². The third-order valence-electron chi connectivity index (χ3n) is 4.21. The molecule has 0 atom stereocenters. The van der Waals surface area contributed by atoms with Crippen molar-refractivity contribution in [2.75, 3.05) is 0 Å². The molecule has 2 rings (SSSR count). The number of nitrogens with two attached hydrogens (primary N) is 1. The van der Waals surface area contributed by atoms with Crippen LogP contribution in [0.5, 0.6) is 0 Å². The molecule has 8 heteroatoms. The van der Waals surface area contributed by atoms with Crippen LogP contribution in [0.1, 0.15) is 58.2 Å². The molecule has 1 aromatic carbocycles. The van der Waals surface area contributed by atoms with Crippen LogP contribution in [0.25, 0.3) is 0 Å². The predicted octanol–water partition coefficient (Wildman–Crippen LogP) is 3.49. The Labute approximate surface area is 150 Å². The Morgan fingerprint density at radius 1 is 1.27 bits per heavy atom. The summed E-state index contributed by atoms with van der Waals surface area (Å²) in [5.41, 5.74) is 7.82. The van der Waals surface area contributed by atoms with Crippen LogP contribution >= 0.6 is 0 Å². The maximum Gasteiger partial charge on any atom is 0.433 e. The lowest BCUT2D eigenvalue weighted by Gasteiger charge is -2.16. The van der Waals surface area contributed by atoms with E-state index in [9.17, 15) is 18.0 Å². The van der Waals surface area contributed by atoms with E-state index in [1.165, 1.54) is 0 Å². The van der Waals surface area contributed by atoms with Crippen LogP contribution in [-0.2, 0) is 19.3 Å². The summed E-state index contributed by atoms with van der Waals surface area (Å²) < 4.78 is 41.0. The average molecular weight is 368 g/mol. The molecule has 0 saturated carbocycles. The summed E-state index contributed by atoms with van der Waals surface area (Å²) in [5, 5.41) is 6.31. The van der Waals surface area contributed by atoms with Gasteiger partial charge in [-0.1, -0.05) is 12.1 Å². The number of amides is 1. The molecule has 1 heterocycles. The number of aryl methyl sites for hydroxylation is 2. The van der Waals surface area contributed by atoms with Crippen molar-refractivity contribution in [1.29, 1.82) is 0 Å². The molecule has 5 nitrogen and oxygen atoms in total. The molecule has 0 bridgehead atoms. The number of rotatable bonds is 5. The van der Waals surface area contributed by atoms with E-state index in [1.54, 1.807) is 13.8 Å². The Bertz CT molecular complexity index is 786. The molecule has 0 radical (unpaired) electrons. The van der Waals surface area contributed by atoms with E-state index in [2.05, 4.69) is 10.4 Å². The van der Waals surface area contributed by atoms with Gasteiger partial charge in [-0.3, -0.25) is 9.48 Å². The quantitative estimate of drug-likeness (QED) is 0.849. The van der Waals surface area contributed by atoms with Crippen LogP contribution in [0.2, 0.25) is 0 Å². The maximum atomic E-state index is 13.4. The third kappa shape index (κ3) is 4.07. The fraction of sp³-hybridized carbons (Fsp3) is 0.444. The Kier molecular flexibility index (Phi) is 5.75. The van der Waals surface area contributed by atoms with E-state index in [-0.39, 0.29) is 6.54 Å². The summed E-state index contributed by atoms with van der Waals surface area (Å²) in [7, 11) is 0. The number of aromatic nitrogens is 2. The number of benzene rings is 1. The van der Waals surface area contributed by atoms with Gasteiger partial charge >= 0.3 is 6.18 Å². The van der Waals surface area contributed by atoms with Crippen molar-refractivity contribution in [1.82, 2.24) is 15.1 Å². The van der Waals surface area contributed by atoms with Crippen molar-refractivity contribution in [2.45, 2.75) is 53.0 Å². The Balaban J connectivity index is 2.27. The monoisotopic (exact) mass is 368 g/mol. The Hall–Kier alpha value is -2.35. The molecule has 1 aromatic heterocycles. The second kappa shape index (κ2) is 7.49. The van der Waals surface area contributed by atoms with Gasteiger partial charge < -0.3 is 11.1 Å². The summed E-state index contributed by atoms with van der Waals surface area (Å²) in [6.45, 7) is 7.45. The minimum absolute atomic E-state index is 0.130. The van der Waals surface area contributed by atoms with Crippen molar-refractivity contribution in [3.05, 3.63) is 51.8 Å². The highest BCUT2D eigenvalue weighted by molar-refractivity contribution is 5.95. The van der Waals surface area contributed by atoms with E-state index in [1.807, 2.05) is 26.0 Å². The summed E-state index contributed by atoms with van der Waals surface area (Å²) in [5.74, 6) is -0.800. The van der Waals surface area contributed by atoms with E-state index >= 15 is 0 Å². The van der Waals surface area contributed by atoms with Crippen LogP contribution < -0.4 is 11.1 Å². The standard InChI is InChI=1S/C18H23F3N4O/c1-10(2)25-16(18(19,20)21)15(9-24-25)17(26)23-8-14-11(3)5-13(7-22)6-12(14)4/h5-6,9-10H,7-8,22H2,1-4H3,(H,23,26). The molecular formula is C18H23F3N4O. The topological polar surface area (TPSA) is 72.9 Å². The van der Waals surface area contributed by atoms with Crippen LogP contribution in [0.3, 0.4) is 0 Å².